The first-order chi connectivity index (χ1) is 5.88. The van der Waals surface area contributed by atoms with Crippen LogP contribution >= 0.6 is 0 Å². The smallest absolute Gasteiger partial charge is 0.0870 e. The molecule has 1 nitrogen and oxygen atoms in total. The molecule has 0 spiro atoms. The van der Waals surface area contributed by atoms with Gasteiger partial charge in [-0.05, 0) is 13.0 Å². The van der Waals surface area contributed by atoms with Gasteiger partial charge in [-0.1, -0.05) is 46.1 Å². The Kier molecular flexibility index (Phi) is 3.20. The largest absolute Gasteiger partial charge is 0.103 e. The maximum Gasteiger partial charge on any atom is 0.103 e. The molecule has 1 aromatic rings. The minimum atomic E-state index is 0.359. The molecule has 0 fully saturated rings. The van der Waals surface area contributed by atoms with E-state index in [9.17, 15) is 4.48 Å². The molecule has 1 rings (SSSR count). The normalized spacial score (nSPS) is 12.3. The Hall–Kier alpha value is -1.44. The summed E-state index contributed by atoms with van der Waals surface area (Å²) in [6.45, 7) is 1.83. The van der Waals surface area contributed by atoms with E-state index in [1.165, 1.54) is 0 Å². The fraction of sp³-hybridized carbons (Fsp3) is 0.100. The van der Waals surface area contributed by atoms with Crippen molar-refractivity contribution in [3.05, 3.63) is 48.0 Å². The maximum atomic E-state index is 12.1. The van der Waals surface area contributed by atoms with Gasteiger partial charge in [-0.25, -0.2) is 0 Å². The van der Waals surface area contributed by atoms with Crippen LogP contribution in [0.5, 0.6) is 0 Å². The zero-order chi connectivity index (χ0) is 8.81. The van der Waals surface area contributed by atoms with Gasteiger partial charge >= 0.3 is 0 Å². The monoisotopic (exact) mass is 163 g/mol. The Morgan fingerprint density at radius 2 is 2.00 bits per heavy atom. The van der Waals surface area contributed by atoms with Crippen molar-refractivity contribution in [1.29, 1.82) is 0 Å². The minimum absolute atomic E-state index is 0.359. The van der Waals surface area contributed by atoms with Gasteiger partial charge in [0.2, 0.25) is 0 Å². The second kappa shape index (κ2) is 4.44. The van der Waals surface area contributed by atoms with E-state index >= 15 is 0 Å². The van der Waals surface area contributed by atoms with Crippen LogP contribution in [0.3, 0.4) is 0 Å². The molecule has 0 aliphatic rings. The lowest BCUT2D eigenvalue weighted by molar-refractivity contribution is 0.538. The van der Waals surface area contributed by atoms with Gasteiger partial charge in [0.05, 0.1) is 0 Å². The second-order valence-corrected chi connectivity index (χ2v) is 2.34. The zero-order valence-electron chi connectivity index (χ0n) is 6.87. The molecule has 62 valence electrons. The van der Waals surface area contributed by atoms with Gasteiger partial charge in [0.25, 0.3) is 0 Å². The number of hydrogen-bond acceptors (Lipinski definition) is 1. The van der Waals surface area contributed by atoms with Crippen molar-refractivity contribution in [2.45, 2.75) is 6.92 Å². The lowest BCUT2D eigenvalue weighted by Gasteiger charge is -1.95. The summed E-state index contributed by atoms with van der Waals surface area (Å²) in [7, 11) is 0. The maximum absolute atomic E-state index is 12.1. The molecule has 0 amide bonds. The molecule has 2 heteroatoms. The van der Waals surface area contributed by atoms with Crippen LogP contribution in [0.25, 0.3) is 0 Å². The number of allylic oxidation sites excluding steroid dienone is 2. The average molecular weight is 163 g/mol. The molecule has 0 radical (unpaired) electrons. The van der Waals surface area contributed by atoms with Crippen molar-refractivity contribution in [3.8, 4) is 0 Å². The van der Waals surface area contributed by atoms with E-state index in [1.807, 2.05) is 37.3 Å². The summed E-state index contributed by atoms with van der Waals surface area (Å²) in [5.41, 5.74) is 1.15. The van der Waals surface area contributed by atoms with Crippen molar-refractivity contribution >= 4 is 5.71 Å². The third kappa shape index (κ3) is 2.02. The molecule has 0 N–H and O–H groups in total. The molecule has 0 aliphatic heterocycles. The number of rotatable bonds is 2. The molecule has 0 aromatic heterocycles. The summed E-state index contributed by atoms with van der Waals surface area (Å²) < 4.78 is 12.1. The molecule has 0 saturated carbocycles. The minimum Gasteiger partial charge on any atom is -0.0870 e. The number of nitrogens with zero attached hydrogens (tertiary/aromatic N) is 1. The Balaban J connectivity index is 2.97. The van der Waals surface area contributed by atoms with E-state index in [0.717, 1.165) is 5.56 Å². The van der Waals surface area contributed by atoms with Crippen LogP contribution in [-0.4, -0.2) is 5.71 Å². The summed E-state index contributed by atoms with van der Waals surface area (Å²) in [5, 5.41) is 2.68. The summed E-state index contributed by atoms with van der Waals surface area (Å²) in [5.74, 6) is 0. The van der Waals surface area contributed by atoms with Gasteiger partial charge in [0, 0.05) is 5.56 Å². The topological polar surface area (TPSA) is 12.4 Å². The predicted molar refractivity (Wildman–Crippen MR) is 48.9 cm³/mol. The van der Waals surface area contributed by atoms with Gasteiger partial charge < -0.3 is 0 Å². The van der Waals surface area contributed by atoms with Crippen LogP contribution < -0.4 is 0 Å². The van der Waals surface area contributed by atoms with E-state index in [1.54, 1.807) is 12.2 Å². The molecule has 0 atom stereocenters. The Morgan fingerprint density at radius 1 is 1.33 bits per heavy atom. The zero-order valence-corrected chi connectivity index (χ0v) is 6.87. The highest BCUT2D eigenvalue weighted by Gasteiger charge is 1.96. The molecule has 0 aliphatic carbocycles. The van der Waals surface area contributed by atoms with E-state index < -0.39 is 0 Å². The molecule has 0 bridgehead atoms. The number of halogens is 1. The second-order valence-electron chi connectivity index (χ2n) is 2.34. The average Bonchev–Trinajstić information content (AvgIpc) is 2.15. The fourth-order valence-corrected chi connectivity index (χ4v) is 0.940. The van der Waals surface area contributed by atoms with Crippen LogP contribution in [0.2, 0.25) is 0 Å². The Labute approximate surface area is 71.2 Å². The lowest BCUT2D eigenvalue weighted by Crippen LogP contribution is -1.93. The highest BCUT2D eigenvalue weighted by Crippen LogP contribution is 2.02. The molecule has 1 aromatic carbocycles. The standard InChI is InChI=1S/C10H10FN/c1-2-6-10(12-11)9-7-4-3-5-8-9/h2-8H,1H3/b6-2-,12-10+. The van der Waals surface area contributed by atoms with Crippen molar-refractivity contribution in [2.24, 2.45) is 5.21 Å². The van der Waals surface area contributed by atoms with Gasteiger partial charge in [0.15, 0.2) is 0 Å². The van der Waals surface area contributed by atoms with Gasteiger partial charge in [-0.15, -0.1) is 0 Å². The van der Waals surface area contributed by atoms with E-state index in [0.29, 0.717) is 5.71 Å². The molecule has 12 heavy (non-hydrogen) atoms. The highest BCUT2D eigenvalue weighted by molar-refractivity contribution is 6.08. The third-order valence-electron chi connectivity index (χ3n) is 1.49. The third-order valence-corrected chi connectivity index (χ3v) is 1.49. The molecule has 0 unspecified atom stereocenters. The van der Waals surface area contributed by atoms with Crippen LogP contribution in [0.15, 0.2) is 47.7 Å². The quantitative estimate of drug-likeness (QED) is 0.594. The molecular formula is C10H10FN. The first kappa shape index (κ1) is 8.65. The highest BCUT2D eigenvalue weighted by atomic mass is 19.2. The molecule has 0 saturated heterocycles. The van der Waals surface area contributed by atoms with Crippen LogP contribution in [0, 0.1) is 0 Å². The lowest BCUT2D eigenvalue weighted by atomic mass is 10.1. The summed E-state index contributed by atoms with van der Waals surface area (Å²) in [6, 6.07) is 9.22. The van der Waals surface area contributed by atoms with Crippen molar-refractivity contribution in [1.82, 2.24) is 0 Å². The first-order valence-electron chi connectivity index (χ1n) is 3.75. The van der Waals surface area contributed by atoms with E-state index in [4.69, 9.17) is 0 Å². The first-order valence-corrected chi connectivity index (χ1v) is 3.75. The van der Waals surface area contributed by atoms with Crippen molar-refractivity contribution < 1.29 is 4.48 Å². The van der Waals surface area contributed by atoms with E-state index in [-0.39, 0.29) is 0 Å². The van der Waals surface area contributed by atoms with Gasteiger partial charge in [-0.3, -0.25) is 0 Å². The van der Waals surface area contributed by atoms with Crippen LogP contribution in [0.1, 0.15) is 12.5 Å². The SMILES string of the molecule is C/C=C\C(=N/F)c1ccccc1. The fourth-order valence-electron chi connectivity index (χ4n) is 0.940. The van der Waals surface area contributed by atoms with Crippen molar-refractivity contribution in [3.63, 3.8) is 0 Å². The van der Waals surface area contributed by atoms with Gasteiger partial charge in [-0.2, -0.15) is 0 Å². The summed E-state index contributed by atoms with van der Waals surface area (Å²) >= 11 is 0. The molecular weight excluding hydrogens is 153 g/mol. The van der Waals surface area contributed by atoms with Crippen molar-refractivity contribution in [2.75, 3.05) is 0 Å². The number of benzene rings is 1. The summed E-state index contributed by atoms with van der Waals surface area (Å²) in [6.07, 6.45) is 3.39. The summed E-state index contributed by atoms with van der Waals surface area (Å²) in [4.78, 5) is 0. The number of hydrogen-bond donors (Lipinski definition) is 0. The predicted octanol–water partition coefficient (Wildman–Crippen LogP) is 2.94. The van der Waals surface area contributed by atoms with Gasteiger partial charge in [0.1, 0.15) is 5.71 Å². The van der Waals surface area contributed by atoms with Crippen LogP contribution in [-0.2, 0) is 0 Å². The molecule has 0 heterocycles. The Morgan fingerprint density at radius 3 is 2.50 bits per heavy atom. The van der Waals surface area contributed by atoms with E-state index in [2.05, 4.69) is 5.21 Å². The Bertz CT molecular complexity index is 288. The van der Waals surface area contributed by atoms with Crippen LogP contribution in [0.4, 0.5) is 4.48 Å².